The van der Waals surface area contributed by atoms with E-state index in [-0.39, 0.29) is 18.2 Å². The molecule has 0 saturated heterocycles. The van der Waals surface area contributed by atoms with E-state index >= 15 is 0 Å². The van der Waals surface area contributed by atoms with Crippen LogP contribution in [0, 0.1) is 10.1 Å². The first-order valence-corrected chi connectivity index (χ1v) is 7.46. The van der Waals surface area contributed by atoms with E-state index in [4.69, 9.17) is 0 Å². The average Bonchev–Trinajstić information content (AvgIpc) is 3.06. The molecule has 8 nitrogen and oxygen atoms in total. The summed E-state index contributed by atoms with van der Waals surface area (Å²) in [5, 5.41) is 23.1. The van der Waals surface area contributed by atoms with Crippen LogP contribution >= 0.6 is 0 Å². The Bertz CT molecular complexity index is 767. The van der Waals surface area contributed by atoms with Gasteiger partial charge in [-0.1, -0.05) is 30.3 Å². The van der Waals surface area contributed by atoms with Gasteiger partial charge in [0.25, 0.3) is 0 Å². The van der Waals surface area contributed by atoms with Crippen LogP contribution in [0.5, 0.6) is 0 Å². The number of rotatable bonds is 4. The largest absolute Gasteiger partial charge is 0.290 e. The molecule has 8 heteroatoms. The lowest BCUT2D eigenvalue weighted by molar-refractivity contribution is -0.508. The SMILES string of the molecule is O=C1C=CC([N+](=O)[O-])C/C1=C\NN=C1CC(c2ccccc2)N=N1. The number of ketones is 1. The molecule has 1 aliphatic heterocycles. The first-order valence-electron chi connectivity index (χ1n) is 7.46. The Morgan fingerprint density at radius 1 is 1.29 bits per heavy atom. The van der Waals surface area contributed by atoms with E-state index in [1.54, 1.807) is 0 Å². The number of nitrogens with one attached hydrogen (secondary N) is 1. The summed E-state index contributed by atoms with van der Waals surface area (Å²) >= 11 is 0. The fourth-order valence-corrected chi connectivity index (χ4v) is 2.48. The Morgan fingerprint density at radius 2 is 2.08 bits per heavy atom. The van der Waals surface area contributed by atoms with Gasteiger partial charge in [0.15, 0.2) is 11.6 Å². The van der Waals surface area contributed by atoms with Crippen molar-refractivity contribution in [3.8, 4) is 0 Å². The van der Waals surface area contributed by atoms with Gasteiger partial charge in [-0.15, -0.1) is 5.11 Å². The molecule has 3 rings (SSSR count). The zero-order valence-corrected chi connectivity index (χ0v) is 12.7. The minimum atomic E-state index is -0.878. The van der Waals surface area contributed by atoms with Crippen molar-refractivity contribution in [2.24, 2.45) is 15.3 Å². The zero-order valence-electron chi connectivity index (χ0n) is 12.7. The molecule has 24 heavy (non-hydrogen) atoms. The first kappa shape index (κ1) is 15.7. The number of nitro groups is 1. The summed E-state index contributed by atoms with van der Waals surface area (Å²) in [5.41, 5.74) is 4.03. The maximum Gasteiger partial charge on any atom is 0.235 e. The van der Waals surface area contributed by atoms with Crippen molar-refractivity contribution in [1.29, 1.82) is 0 Å². The molecule has 0 fully saturated rings. The third kappa shape index (κ3) is 3.60. The van der Waals surface area contributed by atoms with Gasteiger partial charge in [-0.25, -0.2) is 0 Å². The molecule has 1 heterocycles. The van der Waals surface area contributed by atoms with E-state index in [0.29, 0.717) is 17.8 Å². The fraction of sp³-hybridized carbons (Fsp3) is 0.250. The van der Waals surface area contributed by atoms with E-state index in [9.17, 15) is 14.9 Å². The molecule has 0 spiro atoms. The minimum absolute atomic E-state index is 0.0499. The summed E-state index contributed by atoms with van der Waals surface area (Å²) in [4.78, 5) is 22.1. The van der Waals surface area contributed by atoms with Crippen LogP contribution < -0.4 is 5.43 Å². The predicted molar refractivity (Wildman–Crippen MR) is 86.9 cm³/mol. The Balaban J connectivity index is 1.61. The highest BCUT2D eigenvalue weighted by Gasteiger charge is 2.26. The van der Waals surface area contributed by atoms with E-state index in [1.165, 1.54) is 18.4 Å². The molecule has 1 N–H and O–H groups in total. The molecule has 0 bridgehead atoms. The van der Waals surface area contributed by atoms with Gasteiger partial charge in [0.05, 0.1) is 0 Å². The summed E-state index contributed by atoms with van der Waals surface area (Å²) < 4.78 is 0. The summed E-state index contributed by atoms with van der Waals surface area (Å²) in [5.74, 6) is 0.265. The van der Waals surface area contributed by atoms with Crippen LogP contribution in [0.25, 0.3) is 0 Å². The van der Waals surface area contributed by atoms with Gasteiger partial charge >= 0.3 is 0 Å². The molecule has 2 aliphatic rings. The maximum atomic E-state index is 11.7. The second-order valence-corrected chi connectivity index (χ2v) is 5.45. The van der Waals surface area contributed by atoms with Gasteiger partial charge in [0.1, 0.15) is 6.04 Å². The highest BCUT2D eigenvalue weighted by atomic mass is 16.6. The van der Waals surface area contributed by atoms with Crippen LogP contribution in [-0.4, -0.2) is 22.6 Å². The van der Waals surface area contributed by atoms with Crippen molar-refractivity contribution in [3.05, 3.63) is 69.9 Å². The third-order valence-corrected chi connectivity index (χ3v) is 3.79. The van der Waals surface area contributed by atoms with Crippen LogP contribution in [0.3, 0.4) is 0 Å². The van der Waals surface area contributed by atoms with Crippen molar-refractivity contribution < 1.29 is 9.72 Å². The number of nitrogens with zero attached hydrogens (tertiary/aromatic N) is 4. The van der Waals surface area contributed by atoms with Gasteiger partial charge in [-0.05, 0) is 17.7 Å². The van der Waals surface area contributed by atoms with E-state index in [2.05, 4.69) is 20.8 Å². The number of azo groups is 1. The number of hydrogen-bond acceptors (Lipinski definition) is 6. The predicted octanol–water partition coefficient (Wildman–Crippen LogP) is 2.54. The molecular weight excluding hydrogens is 310 g/mol. The smallest absolute Gasteiger partial charge is 0.235 e. The van der Waals surface area contributed by atoms with E-state index < -0.39 is 11.0 Å². The van der Waals surface area contributed by atoms with Crippen molar-refractivity contribution in [2.45, 2.75) is 24.9 Å². The fourth-order valence-electron chi connectivity index (χ4n) is 2.48. The maximum absolute atomic E-state index is 11.7. The van der Waals surface area contributed by atoms with Crippen molar-refractivity contribution in [1.82, 2.24) is 5.43 Å². The monoisotopic (exact) mass is 325 g/mol. The van der Waals surface area contributed by atoms with Crippen LogP contribution in [0.2, 0.25) is 0 Å². The second-order valence-electron chi connectivity index (χ2n) is 5.45. The third-order valence-electron chi connectivity index (χ3n) is 3.79. The molecule has 2 unspecified atom stereocenters. The standard InChI is InChI=1S/C16H15N5O3/c22-15-7-6-13(21(23)24)8-12(15)10-17-19-16-9-14(18-20-16)11-4-2-1-3-5-11/h1-7,10,13-14,17H,8-9H2/b12-10+,19-16?. The quantitative estimate of drug-likeness (QED) is 0.521. The lowest BCUT2D eigenvalue weighted by atomic mass is 9.97. The number of carbonyl (C=O) groups excluding carboxylic acids is 1. The second kappa shape index (κ2) is 6.95. The highest BCUT2D eigenvalue weighted by Crippen LogP contribution is 2.27. The Morgan fingerprint density at radius 3 is 2.83 bits per heavy atom. The molecule has 122 valence electrons. The highest BCUT2D eigenvalue weighted by molar-refractivity contribution is 6.04. The normalized spacial score (nSPS) is 26.2. The van der Waals surface area contributed by atoms with Crippen LogP contribution in [-0.2, 0) is 4.79 Å². The summed E-state index contributed by atoms with van der Waals surface area (Å²) in [6.45, 7) is 0. The zero-order chi connectivity index (χ0) is 16.9. The number of carbonyl (C=O) groups is 1. The molecule has 0 amide bonds. The van der Waals surface area contributed by atoms with Crippen molar-refractivity contribution in [3.63, 3.8) is 0 Å². The Kier molecular flexibility index (Phi) is 4.55. The number of hydrazone groups is 1. The topological polar surface area (TPSA) is 109 Å². The van der Waals surface area contributed by atoms with Gasteiger partial charge in [0, 0.05) is 29.5 Å². The minimum Gasteiger partial charge on any atom is -0.290 e. The summed E-state index contributed by atoms with van der Waals surface area (Å²) in [6, 6.07) is 8.84. The van der Waals surface area contributed by atoms with Crippen molar-refractivity contribution in [2.75, 3.05) is 0 Å². The van der Waals surface area contributed by atoms with Crippen LogP contribution in [0.15, 0.2) is 69.6 Å². The number of benzene rings is 1. The first-order chi connectivity index (χ1) is 11.6. The van der Waals surface area contributed by atoms with Gasteiger partial charge in [0.2, 0.25) is 6.04 Å². The molecule has 0 saturated carbocycles. The molecule has 1 aromatic carbocycles. The molecular formula is C16H15N5O3. The van der Waals surface area contributed by atoms with E-state index in [1.807, 2.05) is 30.3 Å². The number of allylic oxidation sites excluding steroid dienone is 1. The van der Waals surface area contributed by atoms with Crippen molar-refractivity contribution >= 4 is 11.6 Å². The molecule has 0 radical (unpaired) electrons. The summed E-state index contributed by atoms with van der Waals surface area (Å²) in [6.07, 6.45) is 4.53. The Hall–Kier alpha value is -3.16. The summed E-state index contributed by atoms with van der Waals surface area (Å²) in [7, 11) is 0. The molecule has 1 aromatic rings. The Labute approximate surface area is 137 Å². The van der Waals surface area contributed by atoms with Gasteiger partial charge in [-0.3, -0.25) is 20.3 Å². The van der Waals surface area contributed by atoms with Crippen LogP contribution in [0.4, 0.5) is 0 Å². The van der Waals surface area contributed by atoms with Gasteiger partial charge < -0.3 is 0 Å². The number of amidine groups is 1. The van der Waals surface area contributed by atoms with Crippen LogP contribution in [0.1, 0.15) is 24.4 Å². The molecule has 0 aromatic heterocycles. The molecule has 1 aliphatic carbocycles. The van der Waals surface area contributed by atoms with E-state index in [0.717, 1.165) is 5.56 Å². The number of hydrogen-bond donors (Lipinski definition) is 1. The average molecular weight is 325 g/mol. The van der Waals surface area contributed by atoms with Gasteiger partial charge in [-0.2, -0.15) is 10.2 Å². The lowest BCUT2D eigenvalue weighted by Gasteiger charge is -2.11. The lowest BCUT2D eigenvalue weighted by Crippen LogP contribution is -2.24. The molecule has 2 atom stereocenters.